The lowest BCUT2D eigenvalue weighted by Crippen LogP contribution is -2.08. The van der Waals surface area contributed by atoms with Gasteiger partial charge in [-0.1, -0.05) is 6.92 Å². The molecule has 0 amide bonds. The molecular weight excluding hydrogens is 247 g/mol. The van der Waals surface area contributed by atoms with E-state index in [4.69, 9.17) is 4.74 Å². The summed E-state index contributed by atoms with van der Waals surface area (Å²) < 4.78 is 20.3. The number of ether oxygens (including phenoxy) is 1. The van der Waals surface area contributed by atoms with Crippen molar-refractivity contribution in [3.8, 4) is 0 Å². The number of nitrogens with zero attached hydrogens (tertiary/aromatic N) is 2. The number of aromatic nitrogens is 2. The standard InChI is InChI=1S/C14H17FN2O2/c1-4-19-12(18)7-9(2)11-8-17(3)13-10(11)5-6-16-14(13)15/h5-6,8-9H,4,7H2,1-3H3. The molecule has 2 rings (SSSR count). The highest BCUT2D eigenvalue weighted by molar-refractivity contribution is 5.84. The van der Waals surface area contributed by atoms with Crippen molar-refractivity contribution in [2.45, 2.75) is 26.2 Å². The lowest BCUT2D eigenvalue weighted by atomic mass is 9.98. The van der Waals surface area contributed by atoms with E-state index in [9.17, 15) is 9.18 Å². The van der Waals surface area contributed by atoms with Crippen LogP contribution in [-0.4, -0.2) is 22.1 Å². The van der Waals surface area contributed by atoms with Crippen molar-refractivity contribution in [1.82, 2.24) is 9.55 Å². The topological polar surface area (TPSA) is 44.1 Å². The van der Waals surface area contributed by atoms with Gasteiger partial charge in [0.05, 0.1) is 13.0 Å². The van der Waals surface area contributed by atoms with Crippen LogP contribution in [0.5, 0.6) is 0 Å². The summed E-state index contributed by atoms with van der Waals surface area (Å²) in [6.45, 7) is 4.09. The number of carbonyl (C=O) groups excluding carboxylic acids is 1. The van der Waals surface area contributed by atoms with E-state index in [2.05, 4.69) is 4.98 Å². The van der Waals surface area contributed by atoms with Gasteiger partial charge in [0.1, 0.15) is 5.52 Å². The largest absolute Gasteiger partial charge is 0.466 e. The van der Waals surface area contributed by atoms with E-state index in [1.54, 1.807) is 24.6 Å². The minimum Gasteiger partial charge on any atom is -0.466 e. The van der Waals surface area contributed by atoms with E-state index < -0.39 is 5.95 Å². The van der Waals surface area contributed by atoms with Crippen LogP contribution in [0.15, 0.2) is 18.5 Å². The first-order chi connectivity index (χ1) is 9.04. The van der Waals surface area contributed by atoms with Crippen molar-refractivity contribution < 1.29 is 13.9 Å². The van der Waals surface area contributed by atoms with Crippen LogP contribution in [0.3, 0.4) is 0 Å². The van der Waals surface area contributed by atoms with Crippen LogP contribution >= 0.6 is 0 Å². The van der Waals surface area contributed by atoms with E-state index in [1.807, 2.05) is 13.1 Å². The van der Waals surface area contributed by atoms with Crippen molar-refractivity contribution in [2.24, 2.45) is 7.05 Å². The van der Waals surface area contributed by atoms with Crippen LogP contribution in [0.1, 0.15) is 31.7 Å². The summed E-state index contributed by atoms with van der Waals surface area (Å²) in [6, 6.07) is 1.77. The Bertz CT molecular complexity index is 607. The first kappa shape index (κ1) is 13.5. The Morgan fingerprint density at radius 2 is 2.32 bits per heavy atom. The molecule has 0 saturated carbocycles. The van der Waals surface area contributed by atoms with Gasteiger partial charge in [0.15, 0.2) is 0 Å². The smallest absolute Gasteiger partial charge is 0.306 e. The third-order valence-electron chi connectivity index (χ3n) is 3.19. The highest BCUT2D eigenvalue weighted by Crippen LogP contribution is 2.29. The maximum Gasteiger partial charge on any atom is 0.306 e. The Labute approximate surface area is 111 Å². The van der Waals surface area contributed by atoms with Gasteiger partial charge in [-0.2, -0.15) is 4.39 Å². The van der Waals surface area contributed by atoms with Gasteiger partial charge in [-0.05, 0) is 24.5 Å². The average Bonchev–Trinajstić information content (AvgIpc) is 2.68. The van der Waals surface area contributed by atoms with E-state index in [1.165, 1.54) is 6.20 Å². The Kier molecular flexibility index (Phi) is 3.83. The maximum absolute atomic E-state index is 13.7. The maximum atomic E-state index is 13.7. The summed E-state index contributed by atoms with van der Waals surface area (Å²) >= 11 is 0. The fourth-order valence-corrected chi connectivity index (χ4v) is 2.31. The summed E-state index contributed by atoms with van der Waals surface area (Å²) in [5.74, 6) is -0.749. The van der Waals surface area contributed by atoms with Crippen molar-refractivity contribution in [1.29, 1.82) is 0 Å². The zero-order valence-electron chi connectivity index (χ0n) is 11.3. The third-order valence-corrected chi connectivity index (χ3v) is 3.19. The highest BCUT2D eigenvalue weighted by Gasteiger charge is 2.18. The number of pyridine rings is 1. The van der Waals surface area contributed by atoms with E-state index in [0.29, 0.717) is 12.1 Å². The van der Waals surface area contributed by atoms with Gasteiger partial charge in [-0.15, -0.1) is 0 Å². The predicted octanol–water partition coefficient (Wildman–Crippen LogP) is 2.77. The molecule has 102 valence electrons. The number of carbonyl (C=O) groups is 1. The quantitative estimate of drug-likeness (QED) is 0.630. The molecule has 19 heavy (non-hydrogen) atoms. The van der Waals surface area contributed by atoms with E-state index in [-0.39, 0.29) is 18.3 Å². The molecule has 5 heteroatoms. The summed E-state index contributed by atoms with van der Waals surface area (Å²) in [6.07, 6.45) is 3.58. The molecule has 0 bridgehead atoms. The first-order valence-corrected chi connectivity index (χ1v) is 6.29. The van der Waals surface area contributed by atoms with Crippen molar-refractivity contribution >= 4 is 16.9 Å². The lowest BCUT2D eigenvalue weighted by Gasteiger charge is -2.09. The normalized spacial score (nSPS) is 12.6. The minimum absolute atomic E-state index is 0.0236. The summed E-state index contributed by atoms with van der Waals surface area (Å²) in [5.41, 5.74) is 1.40. The average molecular weight is 264 g/mol. The number of hydrogen-bond acceptors (Lipinski definition) is 3. The minimum atomic E-state index is -0.491. The zero-order valence-corrected chi connectivity index (χ0v) is 11.3. The predicted molar refractivity (Wildman–Crippen MR) is 70.3 cm³/mol. The summed E-state index contributed by atoms with van der Waals surface area (Å²) in [5, 5.41) is 0.798. The van der Waals surface area contributed by atoms with E-state index >= 15 is 0 Å². The second-order valence-corrected chi connectivity index (χ2v) is 4.60. The Balaban J connectivity index is 2.35. The van der Waals surface area contributed by atoms with Crippen LogP contribution < -0.4 is 0 Å². The van der Waals surface area contributed by atoms with Gasteiger partial charge in [-0.25, -0.2) is 4.98 Å². The monoisotopic (exact) mass is 264 g/mol. The molecule has 1 unspecified atom stereocenters. The van der Waals surface area contributed by atoms with Gasteiger partial charge in [0.2, 0.25) is 5.95 Å². The molecule has 0 radical (unpaired) electrons. The Hall–Kier alpha value is -1.91. The lowest BCUT2D eigenvalue weighted by molar-refractivity contribution is -0.143. The summed E-state index contributed by atoms with van der Waals surface area (Å²) in [7, 11) is 1.77. The number of aryl methyl sites for hydroxylation is 1. The Morgan fingerprint density at radius 3 is 3.00 bits per heavy atom. The fraction of sp³-hybridized carbons (Fsp3) is 0.429. The van der Waals surface area contributed by atoms with E-state index in [0.717, 1.165) is 10.9 Å². The second kappa shape index (κ2) is 5.38. The zero-order chi connectivity index (χ0) is 14.0. The Morgan fingerprint density at radius 1 is 1.58 bits per heavy atom. The van der Waals surface area contributed by atoms with Crippen LogP contribution in [0.4, 0.5) is 4.39 Å². The molecule has 1 atom stereocenters. The molecule has 0 aliphatic rings. The third kappa shape index (κ3) is 2.59. The molecule has 0 aromatic carbocycles. The molecule has 2 aromatic heterocycles. The van der Waals surface area contributed by atoms with Crippen molar-refractivity contribution in [2.75, 3.05) is 6.61 Å². The molecule has 0 N–H and O–H groups in total. The van der Waals surface area contributed by atoms with Gasteiger partial charge in [-0.3, -0.25) is 4.79 Å². The molecule has 0 spiro atoms. The SMILES string of the molecule is CCOC(=O)CC(C)c1cn(C)c2c(F)nccc12. The molecule has 4 nitrogen and oxygen atoms in total. The number of esters is 1. The molecule has 0 saturated heterocycles. The van der Waals surface area contributed by atoms with Gasteiger partial charge < -0.3 is 9.30 Å². The van der Waals surface area contributed by atoms with Gasteiger partial charge in [0, 0.05) is 24.8 Å². The molecular formula is C14H17FN2O2. The van der Waals surface area contributed by atoms with Crippen LogP contribution in [0.2, 0.25) is 0 Å². The molecule has 2 heterocycles. The molecule has 0 aliphatic heterocycles. The van der Waals surface area contributed by atoms with Crippen LogP contribution in [0.25, 0.3) is 10.9 Å². The van der Waals surface area contributed by atoms with Crippen molar-refractivity contribution in [3.05, 3.63) is 30.0 Å². The first-order valence-electron chi connectivity index (χ1n) is 6.29. The van der Waals surface area contributed by atoms with Crippen LogP contribution in [-0.2, 0) is 16.6 Å². The van der Waals surface area contributed by atoms with Gasteiger partial charge >= 0.3 is 5.97 Å². The van der Waals surface area contributed by atoms with Gasteiger partial charge in [0.25, 0.3) is 0 Å². The highest BCUT2D eigenvalue weighted by atomic mass is 19.1. The molecule has 0 aliphatic carbocycles. The number of rotatable bonds is 4. The molecule has 0 fully saturated rings. The number of halogens is 1. The van der Waals surface area contributed by atoms with Crippen molar-refractivity contribution in [3.63, 3.8) is 0 Å². The fourth-order valence-electron chi connectivity index (χ4n) is 2.31. The number of hydrogen-bond donors (Lipinski definition) is 0. The van der Waals surface area contributed by atoms with Crippen LogP contribution in [0, 0.1) is 5.95 Å². The summed E-state index contributed by atoms with van der Waals surface area (Å²) in [4.78, 5) is 15.2. The second-order valence-electron chi connectivity index (χ2n) is 4.60. The molecule has 2 aromatic rings. The number of fused-ring (bicyclic) bond motifs is 1.